The molecule has 13 nitrogen and oxygen atoms in total. The molecule has 2 amide bonds. The zero-order chi connectivity index (χ0) is 27.1. The summed E-state index contributed by atoms with van der Waals surface area (Å²) in [5.74, 6) is -2.64. The Bertz CT molecular complexity index is 1560. The third-order valence-electron chi connectivity index (χ3n) is 5.78. The van der Waals surface area contributed by atoms with Crippen LogP contribution in [-0.4, -0.2) is 71.3 Å². The number of anilines is 1. The summed E-state index contributed by atoms with van der Waals surface area (Å²) in [7, 11) is 1.94. The molecule has 0 aromatic carbocycles. The average Bonchev–Trinajstić information content (AvgIpc) is 3.55. The lowest BCUT2D eigenvalue weighted by Gasteiger charge is -2.49. The van der Waals surface area contributed by atoms with Crippen LogP contribution in [0.2, 0.25) is 0 Å². The van der Waals surface area contributed by atoms with E-state index in [9.17, 15) is 23.9 Å². The minimum Gasteiger partial charge on any atom is -0.477 e. The predicted molar refractivity (Wildman–Crippen MR) is 138 cm³/mol. The molecule has 0 spiro atoms. The first-order valence-corrected chi connectivity index (χ1v) is 13.6. The van der Waals surface area contributed by atoms with E-state index in [1.165, 1.54) is 11.8 Å². The first kappa shape index (κ1) is 25.8. The van der Waals surface area contributed by atoms with Crippen LogP contribution in [0.1, 0.15) is 16.4 Å². The number of nitrogens with one attached hydrogen (secondary N) is 1. The van der Waals surface area contributed by atoms with Crippen LogP contribution in [0, 0.1) is 6.92 Å². The molecule has 2 atom stereocenters. The van der Waals surface area contributed by atoms with Gasteiger partial charge in [0.15, 0.2) is 5.13 Å². The van der Waals surface area contributed by atoms with Crippen LogP contribution in [0.3, 0.4) is 0 Å². The van der Waals surface area contributed by atoms with Crippen LogP contribution in [0.25, 0.3) is 10.9 Å². The summed E-state index contributed by atoms with van der Waals surface area (Å²) >= 11 is 3.67. The molecule has 2 aliphatic heterocycles. The fourth-order valence-corrected chi connectivity index (χ4v) is 6.92. The molecule has 0 aliphatic carbocycles. The van der Waals surface area contributed by atoms with E-state index in [1.54, 1.807) is 17.4 Å². The maximum Gasteiger partial charge on any atom is 0.352 e. The first-order chi connectivity index (χ1) is 18.2. The number of oxime groups is 1. The van der Waals surface area contributed by atoms with Gasteiger partial charge in [-0.15, -0.1) is 11.8 Å². The molecule has 3 aromatic rings. The van der Waals surface area contributed by atoms with E-state index in [2.05, 4.69) is 24.7 Å². The molecule has 5 heterocycles. The number of β-lactam (4-membered cyclic amide) rings is 1. The third-order valence-corrected chi connectivity index (χ3v) is 8.79. The Morgan fingerprint density at radius 1 is 1.45 bits per heavy atom. The monoisotopic (exact) mass is 579 g/mol. The quantitative estimate of drug-likeness (QED) is 0.150. The zero-order valence-corrected chi connectivity index (χ0v) is 22.3. The van der Waals surface area contributed by atoms with Crippen molar-refractivity contribution in [2.24, 2.45) is 12.2 Å². The van der Waals surface area contributed by atoms with Crippen LogP contribution in [-0.2, 0) is 26.3 Å². The van der Waals surface area contributed by atoms with E-state index >= 15 is 0 Å². The molecule has 2 aliphatic rings. The number of allylic oxidation sites excluding steroid dienone is 1. The third kappa shape index (κ3) is 4.52. The standard InChI is InChI=1S/C21H19FN8O5S3/c1-9-11(37-12-5-28(2)8-29(9)12)4-3-10-6-36-19-14(18(32)30(19)15(10)20(33)34)24-17(31)13(26-35-7-22)16-25-21(23)38-27-16/h3-5,8,14,19H,6-7H2,1-2H3,(H3-,23,24,25,27,31,33,34)/p+1/b4-3+,26-13-/t14-,19-/m1/s1. The molecular weight excluding hydrogens is 559 g/mol. The summed E-state index contributed by atoms with van der Waals surface area (Å²) in [5, 5.41) is 15.2. The summed E-state index contributed by atoms with van der Waals surface area (Å²) in [6.07, 6.45) is 7.50. The van der Waals surface area contributed by atoms with Crippen molar-refractivity contribution < 1.29 is 33.3 Å². The number of carbonyl (C=O) groups excluding carboxylic acids is 2. The second-order valence-corrected chi connectivity index (χ2v) is 11.1. The highest BCUT2D eigenvalue weighted by atomic mass is 32.2. The highest BCUT2D eigenvalue weighted by Gasteiger charge is 2.54. The van der Waals surface area contributed by atoms with Crippen LogP contribution in [0.5, 0.6) is 0 Å². The maximum absolute atomic E-state index is 13.0. The van der Waals surface area contributed by atoms with Gasteiger partial charge in [0.2, 0.25) is 22.7 Å². The number of nitrogens with two attached hydrogens (primary N) is 1. The number of nitrogen functional groups attached to an aromatic ring is 1. The van der Waals surface area contributed by atoms with Gasteiger partial charge in [-0.1, -0.05) is 22.6 Å². The van der Waals surface area contributed by atoms with Gasteiger partial charge < -0.3 is 21.0 Å². The van der Waals surface area contributed by atoms with Gasteiger partial charge in [-0.2, -0.15) is 13.8 Å². The minimum atomic E-state index is -1.30. The second-order valence-electron chi connectivity index (χ2n) is 8.18. The summed E-state index contributed by atoms with van der Waals surface area (Å²) in [5.41, 5.74) is 6.43. The number of aryl methyl sites for hydroxylation is 2. The Labute approximate surface area is 226 Å². The van der Waals surface area contributed by atoms with Crippen LogP contribution < -0.4 is 15.6 Å². The van der Waals surface area contributed by atoms with Crippen molar-refractivity contribution >= 4 is 74.2 Å². The van der Waals surface area contributed by atoms with Crippen LogP contribution >= 0.6 is 34.6 Å². The van der Waals surface area contributed by atoms with Crippen molar-refractivity contribution in [2.45, 2.75) is 18.3 Å². The van der Waals surface area contributed by atoms with E-state index < -0.39 is 41.8 Å². The number of halogens is 1. The van der Waals surface area contributed by atoms with Gasteiger partial charge in [0.05, 0.1) is 11.9 Å². The SMILES string of the molecule is Cc1c(/C=C/C2=C(C(=O)O)N3C(=O)[C@@H](NC(=O)/C(=N\OCF)c4nsc(N)n4)[C@H]3SC2)sc2c[n+](C)cn12. The summed E-state index contributed by atoms with van der Waals surface area (Å²) in [6.45, 7) is 0.674. The van der Waals surface area contributed by atoms with Crippen molar-refractivity contribution in [3.63, 3.8) is 0 Å². The molecule has 3 aromatic heterocycles. The number of carboxylic acid groups (broad SMARTS) is 1. The lowest BCUT2D eigenvalue weighted by atomic mass is 10.0. The number of carboxylic acids is 1. The van der Waals surface area contributed by atoms with Gasteiger partial charge in [-0.25, -0.2) is 13.8 Å². The van der Waals surface area contributed by atoms with Crippen molar-refractivity contribution in [3.8, 4) is 0 Å². The topological polar surface area (TPSA) is 168 Å². The van der Waals surface area contributed by atoms with Crippen LogP contribution in [0.15, 0.2) is 35.0 Å². The van der Waals surface area contributed by atoms with Gasteiger partial charge in [-0.3, -0.25) is 14.5 Å². The molecule has 0 unspecified atom stereocenters. The van der Waals surface area contributed by atoms with Crippen molar-refractivity contribution in [1.29, 1.82) is 0 Å². The first-order valence-electron chi connectivity index (χ1n) is 10.9. The Morgan fingerprint density at radius 3 is 2.89 bits per heavy atom. The number of imidazole rings is 1. The van der Waals surface area contributed by atoms with E-state index in [0.717, 1.165) is 31.8 Å². The zero-order valence-electron chi connectivity index (χ0n) is 19.8. The average molecular weight is 580 g/mol. The van der Waals surface area contributed by atoms with Gasteiger partial charge in [0.25, 0.3) is 18.7 Å². The second kappa shape index (κ2) is 10.1. The van der Waals surface area contributed by atoms with E-state index in [1.807, 2.05) is 41.5 Å². The Morgan fingerprint density at radius 2 is 2.24 bits per heavy atom. The van der Waals surface area contributed by atoms with E-state index in [-0.39, 0.29) is 16.7 Å². The molecule has 0 radical (unpaired) electrons. The molecule has 1 saturated heterocycles. The molecule has 0 saturated carbocycles. The largest absolute Gasteiger partial charge is 0.477 e. The number of thiazole rings is 1. The minimum absolute atomic E-state index is 0.0517. The van der Waals surface area contributed by atoms with Crippen LogP contribution in [0.4, 0.5) is 9.52 Å². The fourth-order valence-electron chi connectivity index (χ4n) is 4.06. The van der Waals surface area contributed by atoms with E-state index in [0.29, 0.717) is 11.3 Å². The number of hydrogen-bond acceptors (Lipinski definition) is 11. The molecule has 0 bridgehead atoms. The fraction of sp³-hybridized carbons (Fsp3) is 0.286. The van der Waals surface area contributed by atoms with Gasteiger partial charge >= 0.3 is 5.97 Å². The normalized spacial score (nSPS) is 19.7. The van der Waals surface area contributed by atoms with Crippen molar-refractivity contribution in [2.75, 3.05) is 18.3 Å². The number of thioether (sulfide) groups is 1. The van der Waals surface area contributed by atoms with Gasteiger partial charge in [0.1, 0.15) is 29.0 Å². The summed E-state index contributed by atoms with van der Waals surface area (Å²) in [6, 6.07) is -1.04. The number of hydrogen-bond donors (Lipinski definition) is 3. The number of aromatic nitrogens is 4. The molecule has 4 N–H and O–H groups in total. The highest BCUT2D eigenvalue weighted by Crippen LogP contribution is 2.41. The van der Waals surface area contributed by atoms with Gasteiger partial charge in [-0.05, 0) is 18.6 Å². The maximum atomic E-state index is 13.0. The number of rotatable bonds is 8. The molecule has 38 heavy (non-hydrogen) atoms. The number of carbonyl (C=O) groups is 3. The lowest BCUT2D eigenvalue weighted by Crippen LogP contribution is -2.71. The predicted octanol–water partition coefficient (Wildman–Crippen LogP) is 0.667. The number of nitrogens with zero attached hydrogens (tertiary/aromatic N) is 6. The van der Waals surface area contributed by atoms with E-state index in [4.69, 9.17) is 5.73 Å². The molecular formula is C21H20FN8O5S3+. The molecule has 17 heteroatoms. The lowest BCUT2D eigenvalue weighted by molar-refractivity contribution is -0.670. The number of aliphatic carboxylic acids is 1. The van der Waals surface area contributed by atoms with Crippen molar-refractivity contribution in [1.82, 2.24) is 24.0 Å². The molecule has 198 valence electrons. The molecule has 1 fully saturated rings. The smallest absolute Gasteiger partial charge is 0.352 e. The Balaban J connectivity index is 1.36. The number of amides is 2. The Hall–Kier alpha value is -3.83. The number of alkyl halides is 1. The van der Waals surface area contributed by atoms with Gasteiger partial charge in [0, 0.05) is 17.3 Å². The van der Waals surface area contributed by atoms with Crippen molar-refractivity contribution in [3.05, 3.63) is 46.3 Å². The highest BCUT2D eigenvalue weighted by molar-refractivity contribution is 8.00. The summed E-state index contributed by atoms with van der Waals surface area (Å²) < 4.78 is 20.4. The Kier molecular flexibility index (Phi) is 6.89. The summed E-state index contributed by atoms with van der Waals surface area (Å²) in [4.78, 5) is 49.4. The number of fused-ring (bicyclic) bond motifs is 2. The molecule has 5 rings (SSSR count).